The molecule has 5 heteroatoms. The molecule has 28 heavy (non-hydrogen) atoms. The number of nitrogens with zero attached hydrogens (tertiary/aromatic N) is 1. The van der Waals surface area contributed by atoms with Crippen molar-refractivity contribution in [3.63, 3.8) is 0 Å². The van der Waals surface area contributed by atoms with Crippen LogP contribution in [0.5, 0.6) is 0 Å². The van der Waals surface area contributed by atoms with Gasteiger partial charge < -0.3 is 10.2 Å². The van der Waals surface area contributed by atoms with Crippen LogP contribution in [0.3, 0.4) is 0 Å². The molecule has 1 atom stereocenters. The van der Waals surface area contributed by atoms with Crippen molar-refractivity contribution in [3.8, 4) is 0 Å². The minimum Gasteiger partial charge on any atom is -0.350 e. The number of benzene rings is 2. The molecule has 2 aromatic rings. The highest BCUT2D eigenvalue weighted by Gasteiger charge is 2.28. The van der Waals surface area contributed by atoms with Crippen molar-refractivity contribution in [1.82, 2.24) is 10.2 Å². The lowest BCUT2D eigenvalue weighted by molar-refractivity contribution is -0.140. The summed E-state index contributed by atoms with van der Waals surface area (Å²) >= 11 is 6.31. The van der Waals surface area contributed by atoms with E-state index in [1.54, 1.807) is 17.9 Å². The predicted octanol–water partition coefficient (Wildman–Crippen LogP) is 4.52. The molecule has 0 radical (unpaired) electrons. The summed E-state index contributed by atoms with van der Waals surface area (Å²) in [6.45, 7) is 9.80. The minimum atomic E-state index is -0.618. The minimum absolute atomic E-state index is 0.109. The molecule has 0 aromatic heterocycles. The molecular weight excluding hydrogens is 372 g/mol. The molecule has 0 aliphatic carbocycles. The second-order valence-electron chi connectivity index (χ2n) is 8.19. The normalized spacial score (nSPS) is 12.4. The van der Waals surface area contributed by atoms with E-state index in [9.17, 15) is 9.59 Å². The lowest BCUT2D eigenvalue weighted by atomic mass is 10.1. The molecule has 0 saturated heterocycles. The van der Waals surface area contributed by atoms with E-state index < -0.39 is 6.04 Å². The SMILES string of the molecule is Cc1cccc(CC(=O)N(Cc2ccccc2Cl)[C@H](C)C(=O)NC(C)(C)C)c1. The Morgan fingerprint density at radius 1 is 1.11 bits per heavy atom. The van der Waals surface area contributed by atoms with Gasteiger partial charge in [-0.1, -0.05) is 59.6 Å². The van der Waals surface area contributed by atoms with Gasteiger partial charge in [-0.3, -0.25) is 9.59 Å². The Bertz CT molecular complexity index is 842. The van der Waals surface area contributed by atoms with Crippen molar-refractivity contribution in [1.29, 1.82) is 0 Å². The molecule has 0 spiro atoms. The maximum Gasteiger partial charge on any atom is 0.242 e. The number of hydrogen-bond acceptors (Lipinski definition) is 2. The maximum absolute atomic E-state index is 13.2. The molecule has 0 aliphatic rings. The van der Waals surface area contributed by atoms with Crippen LogP contribution in [-0.4, -0.2) is 28.3 Å². The molecule has 0 saturated carbocycles. The highest BCUT2D eigenvalue weighted by molar-refractivity contribution is 6.31. The number of carbonyl (C=O) groups is 2. The van der Waals surface area contributed by atoms with Crippen LogP contribution >= 0.6 is 11.6 Å². The Morgan fingerprint density at radius 2 is 1.79 bits per heavy atom. The van der Waals surface area contributed by atoms with Gasteiger partial charge in [-0.05, 0) is 51.8 Å². The van der Waals surface area contributed by atoms with Crippen LogP contribution in [0.15, 0.2) is 48.5 Å². The third-order valence-corrected chi connectivity index (χ3v) is 4.77. The highest BCUT2D eigenvalue weighted by atomic mass is 35.5. The van der Waals surface area contributed by atoms with Gasteiger partial charge >= 0.3 is 0 Å². The zero-order valence-electron chi connectivity index (χ0n) is 17.3. The van der Waals surface area contributed by atoms with Crippen molar-refractivity contribution in [2.24, 2.45) is 0 Å². The number of rotatable bonds is 6. The summed E-state index contributed by atoms with van der Waals surface area (Å²) in [5, 5.41) is 3.54. The van der Waals surface area contributed by atoms with E-state index in [0.717, 1.165) is 16.7 Å². The van der Waals surface area contributed by atoms with Gasteiger partial charge in [-0.2, -0.15) is 0 Å². The average molecular weight is 401 g/mol. The first-order chi connectivity index (χ1) is 13.1. The summed E-state index contributed by atoms with van der Waals surface area (Å²) < 4.78 is 0. The zero-order valence-corrected chi connectivity index (χ0v) is 18.0. The van der Waals surface area contributed by atoms with E-state index in [1.807, 2.05) is 70.2 Å². The van der Waals surface area contributed by atoms with Gasteiger partial charge in [0.1, 0.15) is 6.04 Å². The standard InChI is InChI=1S/C23H29ClN2O2/c1-16-9-8-10-18(13-16)14-21(27)26(15-19-11-6-7-12-20(19)24)17(2)22(28)25-23(3,4)5/h6-13,17H,14-15H2,1-5H3,(H,25,28)/t17-/m1/s1. The van der Waals surface area contributed by atoms with Crippen molar-refractivity contribution in [3.05, 3.63) is 70.2 Å². The number of amides is 2. The lowest BCUT2D eigenvalue weighted by Crippen LogP contribution is -2.52. The Kier molecular flexibility index (Phi) is 7.25. The first-order valence-corrected chi connectivity index (χ1v) is 9.85. The molecule has 0 heterocycles. The monoisotopic (exact) mass is 400 g/mol. The average Bonchev–Trinajstić information content (AvgIpc) is 2.59. The van der Waals surface area contributed by atoms with Crippen LogP contribution < -0.4 is 5.32 Å². The van der Waals surface area contributed by atoms with Crippen molar-refractivity contribution < 1.29 is 9.59 Å². The fourth-order valence-electron chi connectivity index (χ4n) is 2.97. The Balaban J connectivity index is 2.27. The Hall–Kier alpha value is -2.33. The molecule has 1 N–H and O–H groups in total. The fourth-order valence-corrected chi connectivity index (χ4v) is 3.16. The van der Waals surface area contributed by atoms with Gasteiger partial charge in [0.25, 0.3) is 0 Å². The van der Waals surface area contributed by atoms with Crippen LogP contribution in [0.2, 0.25) is 5.02 Å². The smallest absolute Gasteiger partial charge is 0.242 e. The summed E-state index contributed by atoms with van der Waals surface area (Å²) in [4.78, 5) is 27.5. The Labute approximate surface area is 172 Å². The van der Waals surface area contributed by atoms with Gasteiger partial charge in [0.05, 0.1) is 6.42 Å². The van der Waals surface area contributed by atoms with Gasteiger partial charge in [0.2, 0.25) is 11.8 Å². The largest absolute Gasteiger partial charge is 0.350 e. The molecule has 0 fully saturated rings. The van der Waals surface area contributed by atoms with Crippen molar-refractivity contribution in [2.75, 3.05) is 0 Å². The van der Waals surface area contributed by atoms with E-state index in [0.29, 0.717) is 5.02 Å². The van der Waals surface area contributed by atoms with E-state index in [2.05, 4.69) is 5.32 Å². The first kappa shape index (κ1) is 22.0. The summed E-state index contributed by atoms with van der Waals surface area (Å²) in [5.74, 6) is -0.292. The second-order valence-corrected chi connectivity index (χ2v) is 8.60. The van der Waals surface area contributed by atoms with Gasteiger partial charge in [0.15, 0.2) is 0 Å². The quantitative estimate of drug-likeness (QED) is 0.774. The molecule has 2 aromatic carbocycles. The third-order valence-electron chi connectivity index (χ3n) is 4.40. The topological polar surface area (TPSA) is 49.4 Å². The van der Waals surface area contributed by atoms with Crippen molar-refractivity contribution >= 4 is 23.4 Å². The van der Waals surface area contributed by atoms with E-state index in [-0.39, 0.29) is 30.3 Å². The van der Waals surface area contributed by atoms with Gasteiger partial charge in [0, 0.05) is 17.1 Å². The molecule has 0 aliphatic heterocycles. The molecule has 0 bridgehead atoms. The summed E-state index contributed by atoms with van der Waals surface area (Å²) in [5.41, 5.74) is 2.47. The number of carbonyl (C=O) groups excluding carboxylic acids is 2. The molecular formula is C23H29ClN2O2. The number of nitrogens with one attached hydrogen (secondary N) is 1. The number of hydrogen-bond donors (Lipinski definition) is 1. The van der Waals surface area contributed by atoms with Crippen LogP contribution in [0, 0.1) is 6.92 Å². The van der Waals surface area contributed by atoms with Crippen molar-refractivity contribution in [2.45, 2.75) is 59.2 Å². The van der Waals surface area contributed by atoms with E-state index in [4.69, 9.17) is 11.6 Å². The van der Waals surface area contributed by atoms with E-state index >= 15 is 0 Å². The molecule has 0 unspecified atom stereocenters. The third kappa shape index (κ3) is 6.38. The maximum atomic E-state index is 13.2. The first-order valence-electron chi connectivity index (χ1n) is 9.47. The highest BCUT2D eigenvalue weighted by Crippen LogP contribution is 2.20. The van der Waals surface area contributed by atoms with Gasteiger partial charge in [-0.25, -0.2) is 0 Å². The van der Waals surface area contributed by atoms with Gasteiger partial charge in [-0.15, -0.1) is 0 Å². The number of aryl methyl sites for hydroxylation is 1. The Morgan fingerprint density at radius 3 is 2.39 bits per heavy atom. The summed E-state index contributed by atoms with van der Waals surface area (Å²) in [6.07, 6.45) is 0.235. The lowest BCUT2D eigenvalue weighted by Gasteiger charge is -2.31. The zero-order chi connectivity index (χ0) is 20.9. The van der Waals surface area contributed by atoms with Crippen LogP contribution in [0.25, 0.3) is 0 Å². The van der Waals surface area contributed by atoms with Crippen LogP contribution in [-0.2, 0) is 22.6 Å². The summed E-state index contributed by atoms with van der Waals surface area (Å²) in [6, 6.07) is 14.6. The molecule has 2 rings (SSSR count). The second kappa shape index (κ2) is 9.24. The molecule has 4 nitrogen and oxygen atoms in total. The van der Waals surface area contributed by atoms with Crippen LogP contribution in [0.1, 0.15) is 44.4 Å². The summed E-state index contributed by atoms with van der Waals surface area (Å²) in [7, 11) is 0. The molecule has 2 amide bonds. The molecule has 150 valence electrons. The number of halogens is 1. The van der Waals surface area contributed by atoms with E-state index in [1.165, 1.54) is 0 Å². The predicted molar refractivity (Wildman–Crippen MR) is 114 cm³/mol. The van der Waals surface area contributed by atoms with Crippen LogP contribution in [0.4, 0.5) is 0 Å². The fraction of sp³-hybridized carbons (Fsp3) is 0.391.